The third-order valence-electron chi connectivity index (χ3n) is 1.40. The minimum Gasteiger partial charge on any atom is -0.463 e. The Morgan fingerprint density at radius 2 is 2.36 bits per heavy atom. The van der Waals surface area contributed by atoms with Crippen molar-refractivity contribution in [1.82, 2.24) is 0 Å². The molecule has 0 aromatic carbocycles. The van der Waals surface area contributed by atoms with E-state index in [1.807, 2.05) is 5.38 Å². The van der Waals surface area contributed by atoms with Gasteiger partial charge in [-0.1, -0.05) is 0 Å². The van der Waals surface area contributed by atoms with E-state index >= 15 is 0 Å². The van der Waals surface area contributed by atoms with Crippen molar-refractivity contribution in [2.45, 2.75) is 6.92 Å². The van der Waals surface area contributed by atoms with Crippen molar-refractivity contribution >= 4 is 55.2 Å². The van der Waals surface area contributed by atoms with Crippen LogP contribution >= 0.6 is 43.2 Å². The average Bonchev–Trinajstić information content (AvgIpc) is 2.46. The Balaban J connectivity index is 2.69. The molecule has 1 heterocycles. The van der Waals surface area contributed by atoms with Crippen molar-refractivity contribution < 1.29 is 9.53 Å². The fourth-order valence-electron chi connectivity index (χ4n) is 0.793. The number of hydrogen-bond acceptors (Lipinski definition) is 3. The van der Waals surface area contributed by atoms with Crippen molar-refractivity contribution in [2.24, 2.45) is 0 Å². The molecule has 0 spiro atoms. The van der Waals surface area contributed by atoms with Crippen LogP contribution in [0.1, 0.15) is 12.5 Å². The minimum absolute atomic E-state index is 0.318. The van der Waals surface area contributed by atoms with E-state index in [1.165, 1.54) is 6.08 Å². The highest BCUT2D eigenvalue weighted by Crippen LogP contribution is 2.33. The molecule has 0 aliphatic carbocycles. The van der Waals surface area contributed by atoms with Crippen molar-refractivity contribution in [3.63, 3.8) is 0 Å². The summed E-state index contributed by atoms with van der Waals surface area (Å²) >= 11 is 8.34. The van der Waals surface area contributed by atoms with Gasteiger partial charge in [0.1, 0.15) is 0 Å². The van der Waals surface area contributed by atoms with Crippen LogP contribution in [0.15, 0.2) is 19.7 Å². The maximum Gasteiger partial charge on any atom is 0.330 e. The molecule has 1 aromatic rings. The van der Waals surface area contributed by atoms with E-state index in [-0.39, 0.29) is 5.97 Å². The van der Waals surface area contributed by atoms with Crippen LogP contribution in [0.2, 0.25) is 0 Å². The Morgan fingerprint density at radius 3 is 2.86 bits per heavy atom. The highest BCUT2D eigenvalue weighted by atomic mass is 79.9. The van der Waals surface area contributed by atoms with Gasteiger partial charge in [-0.15, -0.1) is 11.3 Å². The first-order valence-corrected chi connectivity index (χ1v) is 6.39. The summed E-state index contributed by atoms with van der Waals surface area (Å²) in [5.74, 6) is -0.318. The summed E-state index contributed by atoms with van der Waals surface area (Å²) in [5, 5.41) is 1.95. The van der Waals surface area contributed by atoms with E-state index < -0.39 is 0 Å². The molecule has 0 aliphatic rings. The molecular weight excluding hydrogens is 332 g/mol. The van der Waals surface area contributed by atoms with Crippen LogP contribution in [0.3, 0.4) is 0 Å². The smallest absolute Gasteiger partial charge is 0.330 e. The lowest BCUT2D eigenvalue weighted by atomic mass is 10.3. The molecule has 5 heteroatoms. The van der Waals surface area contributed by atoms with E-state index in [0.29, 0.717) is 6.61 Å². The van der Waals surface area contributed by atoms with E-state index in [4.69, 9.17) is 4.74 Å². The second-order valence-electron chi connectivity index (χ2n) is 2.36. The zero-order valence-corrected chi connectivity index (χ0v) is 11.4. The Morgan fingerprint density at radius 1 is 1.64 bits per heavy atom. The van der Waals surface area contributed by atoms with Crippen LogP contribution in [0.5, 0.6) is 0 Å². The maximum absolute atomic E-state index is 11.0. The molecule has 0 radical (unpaired) electrons. The number of hydrogen-bond donors (Lipinski definition) is 0. The third kappa shape index (κ3) is 3.22. The molecule has 0 unspecified atom stereocenters. The van der Waals surface area contributed by atoms with Crippen LogP contribution in [-0.2, 0) is 9.53 Å². The second-order valence-corrected chi connectivity index (χ2v) is 5.35. The molecule has 0 bridgehead atoms. The Kier molecular flexibility index (Phi) is 4.84. The summed E-state index contributed by atoms with van der Waals surface area (Å²) < 4.78 is 6.74. The number of thiophene rings is 1. The van der Waals surface area contributed by atoms with Gasteiger partial charge >= 0.3 is 5.97 Å². The van der Waals surface area contributed by atoms with Gasteiger partial charge in [0.15, 0.2) is 0 Å². The highest BCUT2D eigenvalue weighted by molar-refractivity contribution is 9.13. The molecule has 0 N–H and O–H groups in total. The first kappa shape index (κ1) is 11.9. The normalized spacial score (nSPS) is 10.8. The van der Waals surface area contributed by atoms with Gasteiger partial charge in [-0.2, -0.15) is 0 Å². The Hall–Kier alpha value is -0.130. The quantitative estimate of drug-likeness (QED) is 0.617. The van der Waals surface area contributed by atoms with E-state index in [9.17, 15) is 4.79 Å². The molecule has 0 fully saturated rings. The monoisotopic (exact) mass is 338 g/mol. The number of rotatable bonds is 3. The third-order valence-corrected chi connectivity index (χ3v) is 4.79. The fraction of sp³-hybridized carbons (Fsp3) is 0.222. The van der Waals surface area contributed by atoms with Gasteiger partial charge in [-0.05, 0) is 44.9 Å². The standard InChI is InChI=1S/C9H8Br2O2S/c1-2-13-7(12)4-3-6-5-14-9(11)8(6)10/h3-5H,2H2,1H3. The van der Waals surface area contributed by atoms with Crippen LogP contribution in [-0.4, -0.2) is 12.6 Å². The first-order chi connectivity index (χ1) is 6.65. The molecule has 0 aliphatic heterocycles. The number of carbonyl (C=O) groups is 1. The van der Waals surface area contributed by atoms with Crippen molar-refractivity contribution in [1.29, 1.82) is 0 Å². The first-order valence-electron chi connectivity index (χ1n) is 3.92. The number of ether oxygens (including phenoxy) is 1. The zero-order valence-electron chi connectivity index (χ0n) is 7.42. The van der Waals surface area contributed by atoms with Crippen molar-refractivity contribution in [3.8, 4) is 0 Å². The van der Waals surface area contributed by atoms with Crippen LogP contribution in [0.25, 0.3) is 6.08 Å². The summed E-state index contributed by atoms with van der Waals surface area (Å²) in [6.45, 7) is 2.18. The number of halogens is 2. The highest BCUT2D eigenvalue weighted by Gasteiger charge is 2.04. The average molecular weight is 340 g/mol. The Bertz CT molecular complexity index is 358. The lowest BCUT2D eigenvalue weighted by Gasteiger charge is -1.94. The molecular formula is C9H8Br2O2S. The van der Waals surface area contributed by atoms with Gasteiger partial charge in [-0.25, -0.2) is 4.79 Å². The van der Waals surface area contributed by atoms with Gasteiger partial charge in [0.2, 0.25) is 0 Å². The lowest BCUT2D eigenvalue weighted by molar-refractivity contribution is -0.137. The van der Waals surface area contributed by atoms with Gasteiger partial charge in [0, 0.05) is 21.5 Å². The molecule has 0 saturated heterocycles. The second kappa shape index (κ2) is 5.68. The van der Waals surface area contributed by atoms with Gasteiger partial charge in [0.05, 0.1) is 10.4 Å². The van der Waals surface area contributed by atoms with Crippen LogP contribution in [0, 0.1) is 0 Å². The summed E-state index contributed by atoms with van der Waals surface area (Å²) in [5.41, 5.74) is 0.968. The topological polar surface area (TPSA) is 26.3 Å². The maximum atomic E-state index is 11.0. The summed E-state index contributed by atoms with van der Waals surface area (Å²) in [4.78, 5) is 11.0. The van der Waals surface area contributed by atoms with E-state index in [0.717, 1.165) is 13.8 Å². The van der Waals surface area contributed by atoms with Crippen molar-refractivity contribution in [3.05, 3.63) is 25.3 Å². The fourth-order valence-corrected chi connectivity index (χ4v) is 2.63. The SMILES string of the molecule is CCOC(=O)C=Cc1csc(Br)c1Br. The Labute approximate surface area is 103 Å². The minimum atomic E-state index is -0.318. The van der Waals surface area contributed by atoms with Crippen LogP contribution < -0.4 is 0 Å². The van der Waals surface area contributed by atoms with Gasteiger partial charge in [0.25, 0.3) is 0 Å². The molecule has 1 rings (SSSR count). The summed E-state index contributed by atoms with van der Waals surface area (Å²) in [7, 11) is 0. The van der Waals surface area contributed by atoms with Gasteiger partial charge < -0.3 is 4.74 Å². The van der Waals surface area contributed by atoms with E-state index in [1.54, 1.807) is 24.3 Å². The predicted molar refractivity (Wildman–Crippen MR) is 65.4 cm³/mol. The van der Waals surface area contributed by atoms with E-state index in [2.05, 4.69) is 31.9 Å². The molecule has 0 amide bonds. The molecule has 0 saturated carbocycles. The molecule has 2 nitrogen and oxygen atoms in total. The zero-order chi connectivity index (χ0) is 10.6. The molecule has 76 valence electrons. The predicted octanol–water partition coefficient (Wildman–Crippen LogP) is 3.85. The molecule has 1 aromatic heterocycles. The largest absolute Gasteiger partial charge is 0.463 e. The molecule has 0 atom stereocenters. The van der Waals surface area contributed by atoms with Gasteiger partial charge in [-0.3, -0.25) is 0 Å². The summed E-state index contributed by atoms with van der Waals surface area (Å²) in [6, 6.07) is 0. The van der Waals surface area contributed by atoms with Crippen molar-refractivity contribution in [2.75, 3.05) is 6.61 Å². The summed E-state index contributed by atoms with van der Waals surface area (Å²) in [6.07, 6.45) is 3.14. The molecule has 14 heavy (non-hydrogen) atoms. The van der Waals surface area contributed by atoms with Crippen LogP contribution in [0.4, 0.5) is 0 Å². The number of esters is 1. The lowest BCUT2D eigenvalue weighted by Crippen LogP contribution is -1.98. The number of carbonyl (C=O) groups excluding carboxylic acids is 1.